The number of rotatable bonds is 6. The van der Waals surface area contributed by atoms with Crippen LogP contribution in [-0.2, 0) is 11.3 Å². The van der Waals surface area contributed by atoms with Crippen molar-refractivity contribution >= 4 is 5.91 Å². The Balaban J connectivity index is 2.21. The quantitative estimate of drug-likeness (QED) is 0.785. The smallest absolute Gasteiger partial charge is 0.220 e. The van der Waals surface area contributed by atoms with Crippen LogP contribution in [0.15, 0.2) is 18.3 Å². The van der Waals surface area contributed by atoms with Crippen LogP contribution in [0.5, 0.6) is 0 Å². The van der Waals surface area contributed by atoms with Gasteiger partial charge in [-0.05, 0) is 38.3 Å². The molecule has 0 saturated carbocycles. The molecule has 0 aliphatic rings. The highest BCUT2D eigenvalue weighted by Gasteiger charge is 2.02. The van der Waals surface area contributed by atoms with Gasteiger partial charge in [-0.2, -0.15) is 0 Å². The fraction of sp³-hybridized carbons (Fsp3) is 0.538. The van der Waals surface area contributed by atoms with Gasteiger partial charge in [0.1, 0.15) is 0 Å². The lowest BCUT2D eigenvalue weighted by Gasteiger charge is -2.06. The molecule has 1 heterocycles. The van der Waals surface area contributed by atoms with E-state index in [9.17, 15) is 4.79 Å². The molecule has 0 fully saturated rings. The lowest BCUT2D eigenvalue weighted by atomic mass is 10.1. The summed E-state index contributed by atoms with van der Waals surface area (Å²) in [7, 11) is 0. The molecule has 1 rings (SSSR count). The van der Waals surface area contributed by atoms with Crippen LogP contribution in [0, 0.1) is 6.92 Å². The predicted octanol–water partition coefficient (Wildman–Crippen LogP) is 1.52. The van der Waals surface area contributed by atoms with E-state index >= 15 is 0 Å². The zero-order valence-electron chi connectivity index (χ0n) is 10.6. The summed E-state index contributed by atoms with van der Waals surface area (Å²) in [4.78, 5) is 15.7. The van der Waals surface area contributed by atoms with E-state index in [2.05, 4.69) is 10.3 Å². The van der Waals surface area contributed by atoms with Crippen molar-refractivity contribution in [3.63, 3.8) is 0 Å². The maximum Gasteiger partial charge on any atom is 0.220 e. The average molecular weight is 235 g/mol. The third-order valence-corrected chi connectivity index (χ3v) is 2.53. The molecule has 1 unspecified atom stereocenters. The lowest BCUT2D eigenvalue weighted by Crippen LogP contribution is -2.23. The largest absolute Gasteiger partial charge is 0.352 e. The highest BCUT2D eigenvalue weighted by Crippen LogP contribution is 2.01. The van der Waals surface area contributed by atoms with Gasteiger partial charge in [0.15, 0.2) is 0 Å². The van der Waals surface area contributed by atoms with Crippen LogP contribution in [-0.4, -0.2) is 16.9 Å². The first-order valence-electron chi connectivity index (χ1n) is 6.01. The molecule has 0 aliphatic heterocycles. The van der Waals surface area contributed by atoms with E-state index in [-0.39, 0.29) is 11.9 Å². The van der Waals surface area contributed by atoms with Gasteiger partial charge in [0.25, 0.3) is 0 Å². The van der Waals surface area contributed by atoms with Gasteiger partial charge in [-0.3, -0.25) is 9.78 Å². The highest BCUT2D eigenvalue weighted by molar-refractivity contribution is 5.75. The molecule has 17 heavy (non-hydrogen) atoms. The number of carbonyl (C=O) groups excluding carboxylic acids is 1. The summed E-state index contributed by atoms with van der Waals surface area (Å²) in [5.41, 5.74) is 7.63. The number of nitrogens with zero attached hydrogens (tertiary/aromatic N) is 1. The Morgan fingerprint density at radius 2 is 2.29 bits per heavy atom. The van der Waals surface area contributed by atoms with Crippen LogP contribution >= 0.6 is 0 Å². The lowest BCUT2D eigenvalue weighted by molar-refractivity contribution is -0.121. The van der Waals surface area contributed by atoms with Gasteiger partial charge in [0, 0.05) is 30.9 Å². The van der Waals surface area contributed by atoms with Gasteiger partial charge in [-0.25, -0.2) is 0 Å². The van der Waals surface area contributed by atoms with E-state index in [4.69, 9.17) is 5.73 Å². The highest BCUT2D eigenvalue weighted by atomic mass is 16.1. The normalized spacial score (nSPS) is 12.2. The average Bonchev–Trinajstić information content (AvgIpc) is 2.28. The summed E-state index contributed by atoms with van der Waals surface area (Å²) < 4.78 is 0. The number of hydrogen-bond acceptors (Lipinski definition) is 3. The summed E-state index contributed by atoms with van der Waals surface area (Å²) >= 11 is 0. The van der Waals surface area contributed by atoms with Crippen molar-refractivity contribution in [2.75, 3.05) is 0 Å². The molecule has 0 aliphatic carbocycles. The first kappa shape index (κ1) is 13.6. The zero-order chi connectivity index (χ0) is 12.7. The molecule has 0 spiro atoms. The second-order valence-electron chi connectivity index (χ2n) is 4.45. The van der Waals surface area contributed by atoms with Crippen LogP contribution in [0.25, 0.3) is 0 Å². The van der Waals surface area contributed by atoms with Gasteiger partial charge in [0.2, 0.25) is 5.91 Å². The first-order chi connectivity index (χ1) is 8.08. The van der Waals surface area contributed by atoms with Crippen molar-refractivity contribution in [2.24, 2.45) is 5.73 Å². The van der Waals surface area contributed by atoms with Crippen molar-refractivity contribution in [3.8, 4) is 0 Å². The van der Waals surface area contributed by atoms with E-state index in [1.54, 1.807) is 6.20 Å². The third-order valence-electron chi connectivity index (χ3n) is 2.53. The van der Waals surface area contributed by atoms with Crippen molar-refractivity contribution in [3.05, 3.63) is 29.6 Å². The van der Waals surface area contributed by atoms with Crippen LogP contribution in [0.1, 0.15) is 37.4 Å². The number of amides is 1. The summed E-state index contributed by atoms with van der Waals surface area (Å²) in [5, 5.41) is 2.87. The molecule has 1 aromatic heterocycles. The minimum absolute atomic E-state index is 0.0752. The molecule has 1 amide bonds. The molecule has 0 bridgehead atoms. The molecule has 3 N–H and O–H groups in total. The monoisotopic (exact) mass is 235 g/mol. The molecule has 94 valence electrons. The number of carbonyl (C=O) groups is 1. The summed E-state index contributed by atoms with van der Waals surface area (Å²) in [5.74, 6) is 0.0752. The number of nitrogens with two attached hydrogens (primary N) is 1. The predicted molar refractivity (Wildman–Crippen MR) is 68.3 cm³/mol. The Kier molecular flexibility index (Phi) is 5.63. The van der Waals surface area contributed by atoms with Gasteiger partial charge < -0.3 is 11.1 Å². The van der Waals surface area contributed by atoms with Gasteiger partial charge in [-0.1, -0.05) is 6.07 Å². The Bertz CT molecular complexity index is 346. The van der Waals surface area contributed by atoms with E-state index in [0.717, 1.165) is 24.1 Å². The standard InChI is InChI=1S/C13H21N3O/c1-10(14)4-3-5-13(17)16-9-12-7-6-11(2)15-8-12/h6-8,10H,3-5,9,14H2,1-2H3,(H,16,17). The van der Waals surface area contributed by atoms with Gasteiger partial charge in [0.05, 0.1) is 0 Å². The number of aromatic nitrogens is 1. The van der Waals surface area contributed by atoms with E-state index in [1.165, 1.54) is 0 Å². The van der Waals surface area contributed by atoms with Gasteiger partial charge in [-0.15, -0.1) is 0 Å². The molecule has 0 saturated heterocycles. The summed E-state index contributed by atoms with van der Waals surface area (Å²) in [6.07, 6.45) is 4.06. The van der Waals surface area contributed by atoms with Crippen LogP contribution in [0.4, 0.5) is 0 Å². The maximum absolute atomic E-state index is 11.5. The second-order valence-corrected chi connectivity index (χ2v) is 4.45. The summed E-state index contributed by atoms with van der Waals surface area (Å²) in [6.45, 7) is 4.44. The van der Waals surface area contributed by atoms with Crippen molar-refractivity contribution in [1.82, 2.24) is 10.3 Å². The number of hydrogen-bond donors (Lipinski definition) is 2. The Morgan fingerprint density at radius 1 is 1.53 bits per heavy atom. The van der Waals surface area contributed by atoms with E-state index in [0.29, 0.717) is 13.0 Å². The van der Waals surface area contributed by atoms with Crippen LogP contribution < -0.4 is 11.1 Å². The van der Waals surface area contributed by atoms with Crippen molar-refractivity contribution in [2.45, 2.75) is 45.7 Å². The summed E-state index contributed by atoms with van der Waals surface area (Å²) in [6, 6.07) is 4.09. The van der Waals surface area contributed by atoms with Crippen molar-refractivity contribution < 1.29 is 4.79 Å². The van der Waals surface area contributed by atoms with E-state index in [1.807, 2.05) is 26.0 Å². The second kappa shape index (κ2) is 7.01. The molecule has 1 atom stereocenters. The Labute approximate surface area is 103 Å². The Hall–Kier alpha value is -1.42. The molecular formula is C13H21N3O. The van der Waals surface area contributed by atoms with Crippen LogP contribution in [0.2, 0.25) is 0 Å². The minimum Gasteiger partial charge on any atom is -0.352 e. The van der Waals surface area contributed by atoms with Gasteiger partial charge >= 0.3 is 0 Å². The molecule has 1 aromatic rings. The Morgan fingerprint density at radius 3 is 2.88 bits per heavy atom. The molecule has 0 aromatic carbocycles. The molecule has 4 nitrogen and oxygen atoms in total. The number of nitrogens with one attached hydrogen (secondary N) is 1. The molecule has 4 heteroatoms. The number of pyridine rings is 1. The first-order valence-corrected chi connectivity index (χ1v) is 6.01. The fourth-order valence-corrected chi connectivity index (χ4v) is 1.48. The number of aryl methyl sites for hydroxylation is 1. The third kappa shape index (κ3) is 6.02. The topological polar surface area (TPSA) is 68.0 Å². The zero-order valence-corrected chi connectivity index (χ0v) is 10.6. The maximum atomic E-state index is 11.5. The van der Waals surface area contributed by atoms with E-state index < -0.39 is 0 Å². The fourth-order valence-electron chi connectivity index (χ4n) is 1.48. The van der Waals surface area contributed by atoms with Crippen LogP contribution in [0.3, 0.4) is 0 Å². The van der Waals surface area contributed by atoms with Crippen molar-refractivity contribution in [1.29, 1.82) is 0 Å². The SMILES string of the molecule is Cc1ccc(CNC(=O)CCCC(C)N)cn1. The minimum atomic E-state index is 0.0752. The molecule has 0 radical (unpaired) electrons. The molecular weight excluding hydrogens is 214 g/mol.